The minimum absolute atomic E-state index is 0.0221. The fourth-order valence-electron chi connectivity index (χ4n) is 2.55. The zero-order valence-corrected chi connectivity index (χ0v) is 12.7. The van der Waals surface area contributed by atoms with Crippen molar-refractivity contribution in [3.63, 3.8) is 0 Å². The second kappa shape index (κ2) is 7.12. The van der Waals surface area contributed by atoms with Crippen molar-refractivity contribution in [3.05, 3.63) is 38.3 Å². The molecule has 1 aliphatic heterocycles. The largest absolute Gasteiger partial charge is 0.396 e. The molecule has 2 N–H and O–H groups in total. The summed E-state index contributed by atoms with van der Waals surface area (Å²) >= 11 is 3.20. The number of benzene rings is 1. The third-order valence-corrected chi connectivity index (χ3v) is 4.22. The van der Waals surface area contributed by atoms with Crippen LogP contribution in [0.25, 0.3) is 0 Å². The van der Waals surface area contributed by atoms with E-state index in [2.05, 4.69) is 26.1 Å². The van der Waals surface area contributed by atoms with Crippen molar-refractivity contribution in [2.75, 3.05) is 32.8 Å². The lowest BCUT2D eigenvalue weighted by molar-refractivity contribution is -0.385. The first-order valence-corrected chi connectivity index (χ1v) is 7.42. The summed E-state index contributed by atoms with van der Waals surface area (Å²) in [5.74, 6) is 0. The normalized spacial score (nSPS) is 17.9. The predicted molar refractivity (Wildman–Crippen MR) is 79.7 cm³/mol. The van der Waals surface area contributed by atoms with E-state index in [9.17, 15) is 15.2 Å². The molecule has 0 unspecified atom stereocenters. The van der Waals surface area contributed by atoms with Crippen LogP contribution in [0.3, 0.4) is 0 Å². The number of rotatable bonds is 5. The van der Waals surface area contributed by atoms with E-state index in [0.717, 1.165) is 31.7 Å². The van der Waals surface area contributed by atoms with E-state index >= 15 is 0 Å². The average Bonchev–Trinajstić information content (AvgIpc) is 2.46. The van der Waals surface area contributed by atoms with Gasteiger partial charge in [0.25, 0.3) is 5.69 Å². The summed E-state index contributed by atoms with van der Waals surface area (Å²) in [6.07, 6.45) is 0.582. The first kappa shape index (κ1) is 15.4. The third kappa shape index (κ3) is 3.54. The van der Waals surface area contributed by atoms with Crippen LogP contribution in [0.15, 0.2) is 22.7 Å². The summed E-state index contributed by atoms with van der Waals surface area (Å²) in [7, 11) is 0. The number of hydrogen-bond acceptors (Lipinski definition) is 5. The highest BCUT2D eigenvalue weighted by Gasteiger charge is 2.24. The molecule has 1 aromatic rings. The van der Waals surface area contributed by atoms with Crippen molar-refractivity contribution in [3.8, 4) is 0 Å². The molecule has 1 fully saturated rings. The van der Waals surface area contributed by atoms with E-state index in [0.29, 0.717) is 10.9 Å². The Labute approximate surface area is 126 Å². The molecule has 0 aliphatic carbocycles. The Kier molecular flexibility index (Phi) is 5.47. The molecule has 110 valence electrons. The number of nitrogens with zero attached hydrogens (tertiary/aromatic N) is 2. The van der Waals surface area contributed by atoms with E-state index in [1.165, 1.54) is 0 Å². The van der Waals surface area contributed by atoms with Gasteiger partial charge in [-0.05, 0) is 34.0 Å². The van der Waals surface area contributed by atoms with Gasteiger partial charge in [-0.3, -0.25) is 15.0 Å². The predicted octanol–water partition coefficient (Wildman–Crippen LogP) is 1.69. The number of aliphatic hydroxyl groups excluding tert-OH is 1. The molecule has 20 heavy (non-hydrogen) atoms. The molecule has 1 atom stereocenters. The van der Waals surface area contributed by atoms with Crippen LogP contribution in [0, 0.1) is 10.1 Å². The van der Waals surface area contributed by atoms with Crippen molar-refractivity contribution in [2.45, 2.75) is 12.5 Å². The lowest BCUT2D eigenvalue weighted by atomic mass is 10.0. The molecule has 7 heteroatoms. The van der Waals surface area contributed by atoms with Crippen LogP contribution in [0.2, 0.25) is 0 Å². The van der Waals surface area contributed by atoms with Gasteiger partial charge >= 0.3 is 0 Å². The lowest BCUT2D eigenvalue weighted by Crippen LogP contribution is -2.45. The molecule has 6 nitrogen and oxygen atoms in total. The Bertz CT molecular complexity index is 478. The minimum Gasteiger partial charge on any atom is -0.396 e. The van der Waals surface area contributed by atoms with Gasteiger partial charge in [-0.1, -0.05) is 6.07 Å². The van der Waals surface area contributed by atoms with Gasteiger partial charge in [0.15, 0.2) is 0 Å². The molecule has 0 amide bonds. The zero-order valence-electron chi connectivity index (χ0n) is 11.1. The topological polar surface area (TPSA) is 78.6 Å². The van der Waals surface area contributed by atoms with Gasteiger partial charge in [0, 0.05) is 44.9 Å². The Balaban J connectivity index is 2.28. The molecule has 1 aliphatic rings. The molecule has 0 aromatic heterocycles. The highest BCUT2D eigenvalue weighted by atomic mass is 79.9. The van der Waals surface area contributed by atoms with Crippen molar-refractivity contribution >= 4 is 21.6 Å². The van der Waals surface area contributed by atoms with Crippen LogP contribution in [0.4, 0.5) is 5.69 Å². The van der Waals surface area contributed by atoms with Gasteiger partial charge in [0.05, 0.1) is 9.40 Å². The highest BCUT2D eigenvalue weighted by molar-refractivity contribution is 9.10. The van der Waals surface area contributed by atoms with Crippen LogP contribution < -0.4 is 5.32 Å². The van der Waals surface area contributed by atoms with E-state index in [1.807, 2.05) is 6.07 Å². The molecule has 0 radical (unpaired) electrons. The van der Waals surface area contributed by atoms with E-state index in [-0.39, 0.29) is 23.3 Å². The van der Waals surface area contributed by atoms with Crippen molar-refractivity contribution in [1.29, 1.82) is 0 Å². The van der Waals surface area contributed by atoms with Gasteiger partial charge in [0.2, 0.25) is 0 Å². The molecule has 0 saturated carbocycles. The van der Waals surface area contributed by atoms with Crippen molar-refractivity contribution < 1.29 is 10.0 Å². The maximum Gasteiger partial charge on any atom is 0.283 e. The first-order chi connectivity index (χ1) is 9.63. The highest BCUT2D eigenvalue weighted by Crippen LogP contribution is 2.31. The minimum atomic E-state index is -0.388. The quantitative estimate of drug-likeness (QED) is 0.628. The lowest BCUT2D eigenvalue weighted by Gasteiger charge is -2.35. The molecule has 1 aromatic carbocycles. The summed E-state index contributed by atoms with van der Waals surface area (Å²) in [5, 5.41) is 23.6. The van der Waals surface area contributed by atoms with Gasteiger partial charge in [-0.2, -0.15) is 0 Å². The van der Waals surface area contributed by atoms with Crippen LogP contribution in [0.1, 0.15) is 18.0 Å². The van der Waals surface area contributed by atoms with Crippen LogP contribution in [-0.2, 0) is 0 Å². The second-order valence-corrected chi connectivity index (χ2v) is 5.64. The maximum atomic E-state index is 11.0. The van der Waals surface area contributed by atoms with Gasteiger partial charge < -0.3 is 10.4 Å². The number of aliphatic hydroxyl groups is 1. The van der Waals surface area contributed by atoms with Crippen molar-refractivity contribution in [2.24, 2.45) is 0 Å². The van der Waals surface area contributed by atoms with Crippen LogP contribution in [-0.4, -0.2) is 47.7 Å². The van der Waals surface area contributed by atoms with Gasteiger partial charge in [0.1, 0.15) is 0 Å². The van der Waals surface area contributed by atoms with Gasteiger partial charge in [-0.15, -0.1) is 0 Å². The van der Waals surface area contributed by atoms with E-state index < -0.39 is 0 Å². The Morgan fingerprint density at radius 2 is 2.15 bits per heavy atom. The fourth-order valence-corrected chi connectivity index (χ4v) is 2.94. The molecule has 1 heterocycles. The van der Waals surface area contributed by atoms with Crippen LogP contribution >= 0.6 is 15.9 Å². The number of piperazine rings is 1. The van der Waals surface area contributed by atoms with E-state index in [4.69, 9.17) is 0 Å². The Morgan fingerprint density at radius 1 is 1.45 bits per heavy atom. The number of nitrogens with one attached hydrogen (secondary N) is 1. The number of halogens is 1. The molecular weight excluding hydrogens is 326 g/mol. The first-order valence-electron chi connectivity index (χ1n) is 6.63. The average molecular weight is 344 g/mol. The standard InChI is InChI=1S/C13H18BrN3O3/c14-11-2-1-10(9-13(11)17(19)20)12(3-8-18)16-6-4-15-5-7-16/h1-2,9,12,15,18H,3-8H2/t12-/m1/s1. The molecule has 1 saturated heterocycles. The molecule has 0 bridgehead atoms. The molecular formula is C13H18BrN3O3. The van der Waals surface area contributed by atoms with Crippen LogP contribution in [0.5, 0.6) is 0 Å². The fraction of sp³-hybridized carbons (Fsp3) is 0.538. The summed E-state index contributed by atoms with van der Waals surface area (Å²) in [6.45, 7) is 3.64. The number of nitro benzene ring substituents is 1. The second-order valence-electron chi connectivity index (χ2n) is 4.78. The SMILES string of the molecule is O=[N+]([O-])c1cc([C@@H](CCO)N2CCNCC2)ccc1Br. The van der Waals surface area contributed by atoms with Gasteiger partial charge in [-0.25, -0.2) is 0 Å². The summed E-state index contributed by atoms with van der Waals surface area (Å²) in [4.78, 5) is 12.9. The maximum absolute atomic E-state index is 11.0. The summed E-state index contributed by atoms with van der Waals surface area (Å²) in [6, 6.07) is 5.22. The van der Waals surface area contributed by atoms with Crippen molar-refractivity contribution in [1.82, 2.24) is 10.2 Å². The zero-order chi connectivity index (χ0) is 14.5. The third-order valence-electron chi connectivity index (χ3n) is 3.55. The Morgan fingerprint density at radius 3 is 2.75 bits per heavy atom. The number of hydrogen-bond donors (Lipinski definition) is 2. The smallest absolute Gasteiger partial charge is 0.283 e. The number of nitro groups is 1. The summed E-state index contributed by atoms with van der Waals surface area (Å²) in [5.41, 5.74) is 0.955. The Hall–Kier alpha value is -1.02. The molecule has 2 rings (SSSR count). The summed E-state index contributed by atoms with van der Waals surface area (Å²) < 4.78 is 0.481. The monoisotopic (exact) mass is 343 g/mol. The van der Waals surface area contributed by atoms with E-state index in [1.54, 1.807) is 12.1 Å². The molecule has 0 spiro atoms.